The Kier molecular flexibility index (Phi) is 60.2. The average Bonchev–Trinajstić information content (AvgIpc) is 3.68. The van der Waals surface area contributed by atoms with Gasteiger partial charge in [0.2, 0.25) is 5.91 Å². The first-order chi connectivity index (χ1) is 41.2. The van der Waals surface area contributed by atoms with Gasteiger partial charge in [-0.05, 0) is 12.8 Å². The third-order valence-electron chi connectivity index (χ3n) is 18.7. The molecule has 0 bridgehead atoms. The van der Waals surface area contributed by atoms with Crippen LogP contribution in [0.15, 0.2) is 0 Å². The largest absolute Gasteiger partial charge is 0.394 e. The predicted molar refractivity (Wildman–Crippen MR) is 353 cm³/mol. The van der Waals surface area contributed by atoms with E-state index in [2.05, 4.69) is 19.2 Å². The molecule has 0 radical (unpaired) electrons. The summed E-state index contributed by atoms with van der Waals surface area (Å²) in [5, 5.41) is 76.5. The molecule has 0 aromatic carbocycles. The highest BCUT2D eigenvalue weighted by molar-refractivity contribution is 5.80. The topological polar surface area (TPSA) is 189 Å². The SMILES string of the molecule is CCCCCCCCCCCCCCCCCCCCCCCCCCCCCCCCCCCCCCCCC(O)C(=O)NC(COC1OC(CO)C(O)C(O)C1O)C(O)C(O)CCCCCCCCCCCCCCCCCCCCC. The maximum Gasteiger partial charge on any atom is 0.249 e. The maximum atomic E-state index is 13.3. The van der Waals surface area contributed by atoms with Crippen LogP contribution in [-0.2, 0) is 14.3 Å². The molecule has 1 aliphatic heterocycles. The third kappa shape index (κ3) is 49.0. The highest BCUT2D eigenvalue weighted by Gasteiger charge is 2.44. The lowest BCUT2D eigenvalue weighted by atomic mass is 9.98. The summed E-state index contributed by atoms with van der Waals surface area (Å²) in [5.74, 6) is -0.686. The van der Waals surface area contributed by atoms with Crippen molar-refractivity contribution >= 4 is 5.91 Å². The number of amides is 1. The molecule has 1 amide bonds. The van der Waals surface area contributed by atoms with Crippen molar-refractivity contribution in [1.29, 1.82) is 0 Å². The Morgan fingerprint density at radius 3 is 0.881 bits per heavy atom. The molecule has 0 aliphatic carbocycles. The zero-order chi connectivity index (χ0) is 61.0. The smallest absolute Gasteiger partial charge is 0.249 e. The van der Waals surface area contributed by atoms with E-state index in [1.54, 1.807) is 0 Å². The summed E-state index contributed by atoms with van der Waals surface area (Å²) in [6, 6.07) is -1.16. The fourth-order valence-corrected chi connectivity index (χ4v) is 12.7. The minimum atomic E-state index is -1.66. The molecule has 11 nitrogen and oxygen atoms in total. The maximum absolute atomic E-state index is 13.3. The Labute approximate surface area is 520 Å². The van der Waals surface area contributed by atoms with Crippen LogP contribution in [0.5, 0.6) is 0 Å². The molecule has 84 heavy (non-hydrogen) atoms. The van der Waals surface area contributed by atoms with E-state index in [1.807, 2.05) is 0 Å². The minimum Gasteiger partial charge on any atom is -0.394 e. The first-order valence-electron chi connectivity index (χ1n) is 37.4. The standard InChI is InChI=1S/C73H145NO10/c1-3-5-7-9-11-13-15-17-19-21-23-24-25-26-27-28-29-30-31-32-33-34-35-36-37-38-39-40-41-43-45-47-49-51-53-55-57-59-61-66(77)72(82)74-64(63-83-73-71(81)70(80)69(79)67(62-75)84-73)68(78)65(76)60-58-56-54-52-50-48-46-44-42-22-20-18-16-14-12-10-8-6-4-2/h64-71,73,75-81H,3-63H2,1-2H3,(H,74,82). The number of hydrogen-bond acceptors (Lipinski definition) is 10. The van der Waals surface area contributed by atoms with Crippen LogP contribution in [0.2, 0.25) is 0 Å². The zero-order valence-electron chi connectivity index (χ0n) is 55.7. The number of aliphatic hydroxyl groups excluding tert-OH is 7. The Balaban J connectivity index is 2.09. The van der Waals surface area contributed by atoms with Crippen molar-refractivity contribution in [2.45, 2.75) is 448 Å². The van der Waals surface area contributed by atoms with E-state index < -0.39 is 74.2 Å². The highest BCUT2D eigenvalue weighted by Crippen LogP contribution is 2.24. The molecule has 11 heteroatoms. The first-order valence-corrected chi connectivity index (χ1v) is 37.4. The van der Waals surface area contributed by atoms with Crippen molar-refractivity contribution < 1.29 is 50.0 Å². The molecule has 0 saturated carbocycles. The van der Waals surface area contributed by atoms with Crippen molar-refractivity contribution in [3.63, 3.8) is 0 Å². The Morgan fingerprint density at radius 1 is 0.369 bits per heavy atom. The number of hydrogen-bond donors (Lipinski definition) is 8. The number of unbranched alkanes of at least 4 members (excludes halogenated alkanes) is 55. The minimum absolute atomic E-state index is 0.268. The van der Waals surface area contributed by atoms with Gasteiger partial charge < -0.3 is 50.5 Å². The molecular weight excluding hydrogens is 1050 g/mol. The van der Waals surface area contributed by atoms with Crippen LogP contribution in [0.3, 0.4) is 0 Å². The molecule has 502 valence electrons. The van der Waals surface area contributed by atoms with Crippen molar-refractivity contribution in [1.82, 2.24) is 5.32 Å². The summed E-state index contributed by atoms with van der Waals surface area (Å²) in [5.41, 5.74) is 0. The van der Waals surface area contributed by atoms with Gasteiger partial charge in [0.1, 0.15) is 36.6 Å². The molecule has 9 atom stereocenters. The molecule has 0 aromatic heterocycles. The van der Waals surface area contributed by atoms with Gasteiger partial charge in [0.15, 0.2) is 6.29 Å². The second-order valence-electron chi connectivity index (χ2n) is 26.7. The number of nitrogens with one attached hydrogen (secondary N) is 1. The van der Waals surface area contributed by atoms with Gasteiger partial charge in [-0.3, -0.25) is 4.79 Å². The van der Waals surface area contributed by atoms with E-state index in [-0.39, 0.29) is 6.42 Å². The summed E-state index contributed by atoms with van der Waals surface area (Å²) in [7, 11) is 0. The van der Waals surface area contributed by atoms with Crippen LogP contribution in [0.1, 0.15) is 393 Å². The summed E-state index contributed by atoms with van der Waals surface area (Å²) >= 11 is 0. The summed E-state index contributed by atoms with van der Waals surface area (Å²) in [4.78, 5) is 13.3. The molecule has 1 rings (SSSR count). The lowest BCUT2D eigenvalue weighted by Crippen LogP contribution is -2.60. The summed E-state index contributed by atoms with van der Waals surface area (Å²) in [6.07, 6.45) is 65.0. The lowest BCUT2D eigenvalue weighted by molar-refractivity contribution is -0.303. The van der Waals surface area contributed by atoms with Gasteiger partial charge in [-0.1, -0.05) is 380 Å². The zero-order valence-corrected chi connectivity index (χ0v) is 55.7. The molecular formula is C73H145NO10. The van der Waals surface area contributed by atoms with Gasteiger partial charge in [0, 0.05) is 0 Å². The number of carbonyl (C=O) groups excluding carboxylic acids is 1. The van der Waals surface area contributed by atoms with Crippen molar-refractivity contribution in [2.24, 2.45) is 0 Å². The van der Waals surface area contributed by atoms with Crippen LogP contribution in [0.25, 0.3) is 0 Å². The summed E-state index contributed by atoms with van der Waals surface area (Å²) < 4.78 is 11.2. The van der Waals surface area contributed by atoms with Gasteiger partial charge in [-0.15, -0.1) is 0 Å². The van der Waals surface area contributed by atoms with Crippen molar-refractivity contribution in [3.05, 3.63) is 0 Å². The van der Waals surface area contributed by atoms with Gasteiger partial charge in [0.25, 0.3) is 0 Å². The summed E-state index contributed by atoms with van der Waals surface area (Å²) in [6.45, 7) is 3.53. The fourth-order valence-electron chi connectivity index (χ4n) is 12.7. The van der Waals surface area contributed by atoms with Gasteiger partial charge >= 0.3 is 0 Å². The van der Waals surface area contributed by atoms with Crippen LogP contribution < -0.4 is 5.32 Å². The Hall–Kier alpha value is -0.890. The predicted octanol–water partition coefficient (Wildman–Crippen LogP) is 18.4. The van der Waals surface area contributed by atoms with E-state index in [0.717, 1.165) is 38.5 Å². The number of ether oxygens (including phenoxy) is 2. The molecule has 1 saturated heterocycles. The van der Waals surface area contributed by atoms with Crippen molar-refractivity contribution in [3.8, 4) is 0 Å². The lowest BCUT2D eigenvalue weighted by Gasteiger charge is -2.40. The second-order valence-corrected chi connectivity index (χ2v) is 26.7. The van der Waals surface area contributed by atoms with Gasteiger partial charge in [0.05, 0.1) is 25.4 Å². The monoisotopic (exact) mass is 1200 g/mol. The Bertz CT molecular complexity index is 1330. The number of rotatable bonds is 67. The van der Waals surface area contributed by atoms with E-state index in [0.29, 0.717) is 19.3 Å². The first kappa shape index (κ1) is 81.1. The van der Waals surface area contributed by atoms with E-state index in [1.165, 1.54) is 315 Å². The van der Waals surface area contributed by atoms with Crippen LogP contribution >= 0.6 is 0 Å². The molecule has 1 fully saturated rings. The van der Waals surface area contributed by atoms with Gasteiger partial charge in [-0.25, -0.2) is 0 Å². The van der Waals surface area contributed by atoms with Crippen molar-refractivity contribution in [2.75, 3.05) is 13.2 Å². The molecule has 1 aliphatic rings. The quantitative estimate of drug-likeness (QED) is 0.0272. The molecule has 0 aromatic rings. The van der Waals surface area contributed by atoms with Crippen LogP contribution in [0.4, 0.5) is 0 Å². The van der Waals surface area contributed by atoms with E-state index >= 15 is 0 Å². The number of aliphatic hydroxyl groups is 7. The number of carbonyl (C=O) groups is 1. The molecule has 1 heterocycles. The third-order valence-corrected chi connectivity index (χ3v) is 18.7. The second kappa shape index (κ2) is 62.3. The van der Waals surface area contributed by atoms with Crippen LogP contribution in [0, 0.1) is 0 Å². The normalized spacial score (nSPS) is 18.8. The van der Waals surface area contributed by atoms with Crippen LogP contribution in [-0.4, -0.2) is 110 Å². The molecule has 8 N–H and O–H groups in total. The highest BCUT2D eigenvalue weighted by atomic mass is 16.7. The Morgan fingerprint density at radius 2 is 0.619 bits per heavy atom. The van der Waals surface area contributed by atoms with Gasteiger partial charge in [-0.2, -0.15) is 0 Å². The van der Waals surface area contributed by atoms with E-state index in [4.69, 9.17) is 9.47 Å². The average molecular weight is 1200 g/mol. The van der Waals surface area contributed by atoms with E-state index in [9.17, 15) is 40.5 Å². The molecule has 0 spiro atoms. The molecule has 9 unspecified atom stereocenters. The fraction of sp³-hybridized carbons (Fsp3) is 0.986.